The molecule has 0 bridgehead atoms. The van der Waals surface area contributed by atoms with Crippen LogP contribution in [-0.4, -0.2) is 47.4 Å². The number of ether oxygens (including phenoxy) is 1. The Bertz CT molecular complexity index is 239. The highest BCUT2D eigenvalue weighted by molar-refractivity contribution is 5.78. The number of carbonyl (C=O) groups is 2. The van der Waals surface area contributed by atoms with Crippen molar-refractivity contribution in [2.24, 2.45) is 0 Å². The number of nitrogens with one attached hydrogen (secondary N) is 1. The van der Waals surface area contributed by atoms with Crippen LogP contribution in [0.15, 0.2) is 0 Å². The number of aliphatic hydroxyl groups excluding tert-OH is 1. The van der Waals surface area contributed by atoms with Crippen LogP contribution < -0.4 is 5.32 Å². The minimum absolute atomic E-state index is 0.107. The zero-order valence-corrected chi connectivity index (χ0v) is 9.11. The van der Waals surface area contributed by atoms with Crippen LogP contribution in [0.4, 0.5) is 0 Å². The van der Waals surface area contributed by atoms with E-state index in [9.17, 15) is 9.59 Å². The molecular formula is C9H17NO5. The Labute approximate surface area is 88.2 Å². The van der Waals surface area contributed by atoms with Gasteiger partial charge in [0.25, 0.3) is 0 Å². The zero-order valence-electron chi connectivity index (χ0n) is 9.11. The van der Waals surface area contributed by atoms with Gasteiger partial charge in [-0.05, 0) is 13.8 Å². The largest absolute Gasteiger partial charge is 0.479 e. The smallest absolute Gasteiger partial charge is 0.334 e. The highest BCUT2D eigenvalue weighted by Crippen LogP contribution is 2.11. The van der Waals surface area contributed by atoms with Crippen molar-refractivity contribution >= 4 is 11.9 Å². The van der Waals surface area contributed by atoms with E-state index < -0.39 is 17.7 Å². The maximum Gasteiger partial charge on any atom is 0.334 e. The summed E-state index contributed by atoms with van der Waals surface area (Å²) < 4.78 is 5.02. The van der Waals surface area contributed by atoms with E-state index in [-0.39, 0.29) is 18.9 Å². The van der Waals surface area contributed by atoms with E-state index in [1.165, 1.54) is 7.11 Å². The van der Waals surface area contributed by atoms with Crippen LogP contribution in [0.3, 0.4) is 0 Å². The molecule has 0 aliphatic rings. The SMILES string of the molecule is COC(C)(C)CC(=O)NC[C@H](O)C(=O)O. The van der Waals surface area contributed by atoms with Crippen molar-refractivity contribution in [1.29, 1.82) is 0 Å². The molecule has 0 unspecified atom stereocenters. The van der Waals surface area contributed by atoms with Crippen LogP contribution in [-0.2, 0) is 14.3 Å². The molecule has 15 heavy (non-hydrogen) atoms. The number of methoxy groups -OCH3 is 1. The third-order valence-corrected chi connectivity index (χ3v) is 1.92. The van der Waals surface area contributed by atoms with E-state index >= 15 is 0 Å². The van der Waals surface area contributed by atoms with Gasteiger partial charge in [-0.2, -0.15) is 0 Å². The first-order valence-electron chi connectivity index (χ1n) is 4.51. The molecular weight excluding hydrogens is 202 g/mol. The normalized spacial score (nSPS) is 13.3. The number of rotatable bonds is 6. The Kier molecular flexibility index (Phi) is 5.24. The number of carbonyl (C=O) groups excluding carboxylic acids is 1. The molecule has 0 aliphatic heterocycles. The number of hydrogen-bond donors (Lipinski definition) is 3. The lowest BCUT2D eigenvalue weighted by Gasteiger charge is -2.22. The minimum atomic E-state index is -1.57. The van der Waals surface area contributed by atoms with Gasteiger partial charge in [0.2, 0.25) is 5.91 Å². The molecule has 0 aromatic carbocycles. The fraction of sp³-hybridized carbons (Fsp3) is 0.778. The van der Waals surface area contributed by atoms with Gasteiger partial charge < -0.3 is 20.3 Å². The lowest BCUT2D eigenvalue weighted by molar-refractivity contribution is -0.146. The quantitative estimate of drug-likeness (QED) is 0.552. The first kappa shape index (κ1) is 13.9. The Morgan fingerprint density at radius 1 is 1.47 bits per heavy atom. The first-order valence-corrected chi connectivity index (χ1v) is 4.51. The summed E-state index contributed by atoms with van der Waals surface area (Å²) in [6.45, 7) is 3.17. The van der Waals surface area contributed by atoms with Crippen molar-refractivity contribution < 1.29 is 24.5 Å². The van der Waals surface area contributed by atoms with E-state index in [2.05, 4.69) is 5.32 Å². The number of aliphatic carboxylic acids is 1. The summed E-state index contributed by atoms with van der Waals surface area (Å²) in [5.74, 6) is -1.72. The predicted molar refractivity (Wildman–Crippen MR) is 52.4 cm³/mol. The van der Waals surface area contributed by atoms with E-state index in [0.29, 0.717) is 0 Å². The Morgan fingerprint density at radius 3 is 2.40 bits per heavy atom. The van der Waals surface area contributed by atoms with Gasteiger partial charge in [0.1, 0.15) is 0 Å². The molecule has 0 spiro atoms. The van der Waals surface area contributed by atoms with Crippen LogP contribution in [0.1, 0.15) is 20.3 Å². The fourth-order valence-electron chi connectivity index (χ4n) is 0.819. The number of aliphatic hydroxyl groups is 1. The summed E-state index contributed by atoms with van der Waals surface area (Å²) in [5, 5.41) is 19.5. The maximum absolute atomic E-state index is 11.2. The summed E-state index contributed by atoms with van der Waals surface area (Å²) in [7, 11) is 1.49. The summed E-state index contributed by atoms with van der Waals surface area (Å²) in [4.78, 5) is 21.5. The summed E-state index contributed by atoms with van der Waals surface area (Å²) >= 11 is 0. The molecule has 0 radical (unpaired) electrons. The van der Waals surface area contributed by atoms with Gasteiger partial charge in [-0.3, -0.25) is 4.79 Å². The van der Waals surface area contributed by atoms with Gasteiger partial charge in [-0.1, -0.05) is 0 Å². The van der Waals surface area contributed by atoms with Gasteiger partial charge in [0, 0.05) is 7.11 Å². The molecule has 0 saturated carbocycles. The lowest BCUT2D eigenvalue weighted by Crippen LogP contribution is -2.39. The topological polar surface area (TPSA) is 95.9 Å². The predicted octanol–water partition coefficient (Wildman–Crippen LogP) is -0.637. The van der Waals surface area contributed by atoms with Crippen molar-refractivity contribution in [3.63, 3.8) is 0 Å². The summed E-state index contributed by atoms with van der Waals surface area (Å²) in [6.07, 6.45) is -1.46. The molecule has 88 valence electrons. The monoisotopic (exact) mass is 219 g/mol. The standard InChI is InChI=1S/C9H17NO5/c1-9(2,15-3)4-7(12)10-5-6(11)8(13)14/h6,11H,4-5H2,1-3H3,(H,10,12)(H,13,14)/t6-/m0/s1. The zero-order chi connectivity index (χ0) is 12.1. The summed E-state index contributed by atoms with van der Waals surface area (Å²) in [6, 6.07) is 0. The molecule has 6 nitrogen and oxygen atoms in total. The van der Waals surface area contributed by atoms with Crippen molar-refractivity contribution in [2.45, 2.75) is 32.0 Å². The van der Waals surface area contributed by atoms with Crippen LogP contribution in [0.25, 0.3) is 0 Å². The summed E-state index contributed by atoms with van der Waals surface area (Å²) in [5.41, 5.74) is -0.599. The van der Waals surface area contributed by atoms with Gasteiger partial charge >= 0.3 is 5.97 Å². The second-order valence-corrected chi connectivity index (χ2v) is 3.80. The van der Waals surface area contributed by atoms with E-state index in [0.717, 1.165) is 0 Å². The van der Waals surface area contributed by atoms with Gasteiger partial charge in [-0.25, -0.2) is 4.79 Å². The average molecular weight is 219 g/mol. The van der Waals surface area contributed by atoms with E-state index in [1.54, 1.807) is 13.8 Å². The molecule has 0 aromatic heterocycles. The Balaban J connectivity index is 3.91. The Morgan fingerprint density at radius 2 is 2.00 bits per heavy atom. The molecule has 6 heteroatoms. The van der Waals surface area contributed by atoms with Crippen molar-refractivity contribution in [2.75, 3.05) is 13.7 Å². The third-order valence-electron chi connectivity index (χ3n) is 1.92. The molecule has 0 aliphatic carbocycles. The van der Waals surface area contributed by atoms with Crippen LogP contribution in [0, 0.1) is 0 Å². The second kappa shape index (κ2) is 5.67. The molecule has 1 amide bonds. The van der Waals surface area contributed by atoms with E-state index in [1.807, 2.05) is 0 Å². The molecule has 0 fully saturated rings. The fourth-order valence-corrected chi connectivity index (χ4v) is 0.819. The molecule has 0 aromatic rings. The number of carboxylic acid groups (broad SMARTS) is 1. The third kappa shape index (κ3) is 6.03. The lowest BCUT2D eigenvalue weighted by atomic mass is 10.1. The number of carboxylic acids is 1. The van der Waals surface area contributed by atoms with Gasteiger partial charge in [-0.15, -0.1) is 0 Å². The molecule has 0 saturated heterocycles. The van der Waals surface area contributed by atoms with Gasteiger partial charge in [0.05, 0.1) is 18.6 Å². The van der Waals surface area contributed by atoms with Crippen molar-refractivity contribution in [3.8, 4) is 0 Å². The van der Waals surface area contributed by atoms with Gasteiger partial charge in [0.15, 0.2) is 6.10 Å². The van der Waals surface area contributed by atoms with Crippen molar-refractivity contribution in [1.82, 2.24) is 5.32 Å². The van der Waals surface area contributed by atoms with E-state index in [4.69, 9.17) is 14.9 Å². The van der Waals surface area contributed by atoms with Crippen molar-refractivity contribution in [3.05, 3.63) is 0 Å². The van der Waals surface area contributed by atoms with Crippen LogP contribution >= 0.6 is 0 Å². The highest BCUT2D eigenvalue weighted by Gasteiger charge is 2.22. The molecule has 0 rings (SSSR count). The average Bonchev–Trinajstić information content (AvgIpc) is 2.13. The second-order valence-electron chi connectivity index (χ2n) is 3.80. The molecule has 0 heterocycles. The minimum Gasteiger partial charge on any atom is -0.479 e. The molecule has 3 N–H and O–H groups in total. The molecule has 1 atom stereocenters. The number of amides is 1. The number of hydrogen-bond acceptors (Lipinski definition) is 4. The maximum atomic E-state index is 11.2. The highest BCUT2D eigenvalue weighted by atomic mass is 16.5. The Hall–Kier alpha value is -1.14. The van der Waals surface area contributed by atoms with Crippen LogP contribution in [0.5, 0.6) is 0 Å². The van der Waals surface area contributed by atoms with Crippen LogP contribution in [0.2, 0.25) is 0 Å². The first-order chi connectivity index (χ1) is 6.78.